The van der Waals surface area contributed by atoms with Crippen molar-refractivity contribution in [1.82, 2.24) is 15.5 Å². The molecule has 1 aromatic heterocycles. The van der Waals surface area contributed by atoms with E-state index in [1.165, 1.54) is 0 Å². The first-order valence-electron chi connectivity index (χ1n) is 6.41. The van der Waals surface area contributed by atoms with Crippen molar-refractivity contribution >= 4 is 0 Å². The monoisotopic (exact) mass is 283 g/mol. The summed E-state index contributed by atoms with van der Waals surface area (Å²) in [6.07, 6.45) is 3.55. The third kappa shape index (κ3) is 3.60. The molecule has 108 valence electrons. The molecule has 0 saturated heterocycles. The van der Waals surface area contributed by atoms with Crippen molar-refractivity contribution in [2.24, 2.45) is 0 Å². The Labute approximate surface area is 115 Å². The van der Waals surface area contributed by atoms with Crippen molar-refractivity contribution in [3.8, 4) is 0 Å². The van der Waals surface area contributed by atoms with Crippen LogP contribution in [-0.4, -0.2) is 16.7 Å². The second-order valence-corrected chi connectivity index (χ2v) is 4.67. The maximum atomic E-state index is 13.0. The van der Waals surface area contributed by atoms with Gasteiger partial charge in [0.2, 0.25) is 0 Å². The first-order chi connectivity index (χ1) is 9.58. The van der Waals surface area contributed by atoms with Gasteiger partial charge in [0, 0.05) is 12.2 Å². The number of benzene rings is 1. The van der Waals surface area contributed by atoms with Crippen LogP contribution in [0.3, 0.4) is 0 Å². The zero-order chi connectivity index (χ0) is 14.5. The lowest BCUT2D eigenvalue weighted by atomic mass is 10.1. The summed E-state index contributed by atoms with van der Waals surface area (Å²) >= 11 is 0. The summed E-state index contributed by atoms with van der Waals surface area (Å²) < 4.78 is 38.8. The van der Waals surface area contributed by atoms with E-state index in [-0.39, 0.29) is 0 Å². The van der Waals surface area contributed by atoms with E-state index in [2.05, 4.69) is 15.5 Å². The minimum Gasteiger partial charge on any atom is -0.313 e. The van der Waals surface area contributed by atoms with Crippen LogP contribution in [0.2, 0.25) is 0 Å². The molecule has 0 atom stereocenters. The molecule has 1 aromatic carbocycles. The standard InChI is InChI=1S/C14H16F3N3/c1-9-11(8-19-20-9)3-2-4-18-7-10-5-12(15)14(17)13(16)6-10/h5-6,8,18H,2-4,7H2,1H3,(H,19,20). The fourth-order valence-electron chi connectivity index (χ4n) is 1.97. The Kier molecular flexibility index (Phi) is 4.79. The maximum absolute atomic E-state index is 13.0. The van der Waals surface area contributed by atoms with Gasteiger partial charge in [0.15, 0.2) is 17.5 Å². The van der Waals surface area contributed by atoms with Crippen molar-refractivity contribution in [3.05, 3.63) is 52.6 Å². The third-order valence-corrected chi connectivity index (χ3v) is 3.11. The zero-order valence-corrected chi connectivity index (χ0v) is 11.1. The number of hydrogen-bond donors (Lipinski definition) is 2. The summed E-state index contributed by atoms with van der Waals surface area (Å²) in [5, 5.41) is 9.87. The highest BCUT2D eigenvalue weighted by Gasteiger charge is 2.10. The van der Waals surface area contributed by atoms with Crippen molar-refractivity contribution in [2.75, 3.05) is 6.54 Å². The second kappa shape index (κ2) is 6.56. The van der Waals surface area contributed by atoms with Crippen molar-refractivity contribution in [3.63, 3.8) is 0 Å². The molecular weight excluding hydrogens is 267 g/mol. The van der Waals surface area contributed by atoms with Gasteiger partial charge in [-0.2, -0.15) is 5.10 Å². The fourth-order valence-corrected chi connectivity index (χ4v) is 1.97. The number of aryl methyl sites for hydroxylation is 2. The summed E-state index contributed by atoms with van der Waals surface area (Å²) in [6, 6.07) is 2.01. The fraction of sp³-hybridized carbons (Fsp3) is 0.357. The molecule has 0 unspecified atom stereocenters. The highest BCUT2D eigenvalue weighted by atomic mass is 19.2. The van der Waals surface area contributed by atoms with Crippen molar-refractivity contribution in [1.29, 1.82) is 0 Å². The lowest BCUT2D eigenvalue weighted by Gasteiger charge is -2.06. The van der Waals surface area contributed by atoms with Crippen LogP contribution in [0.1, 0.15) is 23.2 Å². The number of hydrogen-bond acceptors (Lipinski definition) is 2. The van der Waals surface area contributed by atoms with E-state index < -0.39 is 17.5 Å². The molecule has 2 rings (SSSR count). The molecule has 0 aliphatic heterocycles. The minimum atomic E-state index is -1.43. The molecule has 0 spiro atoms. The average Bonchev–Trinajstić information content (AvgIpc) is 2.81. The normalized spacial score (nSPS) is 11.0. The van der Waals surface area contributed by atoms with Gasteiger partial charge < -0.3 is 5.32 Å². The first kappa shape index (κ1) is 14.6. The molecule has 0 saturated carbocycles. The summed E-state index contributed by atoms with van der Waals surface area (Å²) in [6.45, 7) is 2.96. The van der Waals surface area contributed by atoms with Crippen LogP contribution in [0.15, 0.2) is 18.3 Å². The van der Waals surface area contributed by atoms with Crippen LogP contribution in [0.25, 0.3) is 0 Å². The molecule has 2 N–H and O–H groups in total. The molecule has 20 heavy (non-hydrogen) atoms. The van der Waals surface area contributed by atoms with Gasteiger partial charge in [0.1, 0.15) is 0 Å². The highest BCUT2D eigenvalue weighted by molar-refractivity contribution is 5.19. The number of aromatic nitrogens is 2. The SMILES string of the molecule is Cc1[nH]ncc1CCCNCc1cc(F)c(F)c(F)c1. The molecule has 0 aliphatic rings. The highest BCUT2D eigenvalue weighted by Crippen LogP contribution is 2.13. The van der Waals surface area contributed by atoms with E-state index >= 15 is 0 Å². The Hall–Kier alpha value is -1.82. The summed E-state index contributed by atoms with van der Waals surface area (Å²) in [5.74, 6) is -3.74. The van der Waals surface area contributed by atoms with E-state index in [4.69, 9.17) is 0 Å². The molecule has 0 fully saturated rings. The van der Waals surface area contributed by atoms with Gasteiger partial charge in [-0.05, 0) is 49.6 Å². The van der Waals surface area contributed by atoms with Crippen molar-refractivity contribution in [2.45, 2.75) is 26.3 Å². The number of halogens is 3. The minimum absolute atomic E-state index is 0.304. The molecular formula is C14H16F3N3. The predicted octanol–water partition coefficient (Wildman–Crippen LogP) is 2.86. The summed E-state index contributed by atoms with van der Waals surface area (Å²) in [4.78, 5) is 0. The third-order valence-electron chi connectivity index (χ3n) is 3.11. The molecule has 6 heteroatoms. The van der Waals surface area contributed by atoms with E-state index in [1.807, 2.05) is 6.92 Å². The van der Waals surface area contributed by atoms with Crippen LogP contribution in [0.5, 0.6) is 0 Å². The van der Waals surface area contributed by atoms with Crippen LogP contribution in [0, 0.1) is 24.4 Å². The number of rotatable bonds is 6. The topological polar surface area (TPSA) is 40.7 Å². The van der Waals surface area contributed by atoms with Gasteiger partial charge in [-0.25, -0.2) is 13.2 Å². The van der Waals surface area contributed by atoms with Crippen LogP contribution in [-0.2, 0) is 13.0 Å². The Balaban J connectivity index is 1.75. The van der Waals surface area contributed by atoms with E-state index in [9.17, 15) is 13.2 Å². The lowest BCUT2D eigenvalue weighted by Crippen LogP contribution is -2.16. The van der Waals surface area contributed by atoms with E-state index in [1.54, 1.807) is 6.20 Å². The van der Waals surface area contributed by atoms with Crippen molar-refractivity contribution < 1.29 is 13.2 Å². The molecule has 1 heterocycles. The number of nitrogens with one attached hydrogen (secondary N) is 2. The van der Waals surface area contributed by atoms with Gasteiger partial charge in [-0.1, -0.05) is 0 Å². The van der Waals surface area contributed by atoms with Crippen LogP contribution < -0.4 is 5.32 Å². The van der Waals surface area contributed by atoms with Gasteiger partial charge in [-0.3, -0.25) is 5.10 Å². The quantitative estimate of drug-likeness (QED) is 0.632. The van der Waals surface area contributed by atoms with Gasteiger partial charge in [-0.15, -0.1) is 0 Å². The first-order valence-corrected chi connectivity index (χ1v) is 6.41. The number of H-pyrrole nitrogens is 1. The predicted molar refractivity (Wildman–Crippen MR) is 69.7 cm³/mol. The molecule has 0 bridgehead atoms. The lowest BCUT2D eigenvalue weighted by molar-refractivity contribution is 0.444. The summed E-state index contributed by atoms with van der Waals surface area (Å²) in [7, 11) is 0. The van der Waals surface area contributed by atoms with Gasteiger partial charge >= 0.3 is 0 Å². The Bertz CT molecular complexity index is 558. The maximum Gasteiger partial charge on any atom is 0.194 e. The molecule has 0 radical (unpaired) electrons. The van der Waals surface area contributed by atoms with Gasteiger partial charge in [0.05, 0.1) is 6.20 Å². The smallest absolute Gasteiger partial charge is 0.194 e. The summed E-state index contributed by atoms with van der Waals surface area (Å²) in [5.41, 5.74) is 2.60. The molecule has 0 amide bonds. The molecule has 0 aliphatic carbocycles. The Morgan fingerprint density at radius 3 is 2.50 bits per heavy atom. The number of aromatic amines is 1. The molecule has 2 aromatic rings. The second-order valence-electron chi connectivity index (χ2n) is 4.67. The Morgan fingerprint density at radius 1 is 1.20 bits per heavy atom. The number of nitrogens with zero attached hydrogens (tertiary/aromatic N) is 1. The molecule has 3 nitrogen and oxygen atoms in total. The van der Waals surface area contributed by atoms with Crippen LogP contribution in [0.4, 0.5) is 13.2 Å². The largest absolute Gasteiger partial charge is 0.313 e. The average molecular weight is 283 g/mol. The van der Waals surface area contributed by atoms with Gasteiger partial charge in [0.25, 0.3) is 0 Å². The zero-order valence-electron chi connectivity index (χ0n) is 11.1. The van der Waals surface area contributed by atoms with E-state index in [0.717, 1.165) is 36.2 Å². The van der Waals surface area contributed by atoms with E-state index in [0.29, 0.717) is 18.7 Å². The van der Waals surface area contributed by atoms with Crippen LogP contribution >= 0.6 is 0 Å². The Morgan fingerprint density at radius 2 is 1.90 bits per heavy atom.